The number of amides is 2. The van der Waals surface area contributed by atoms with Gasteiger partial charge in [0.05, 0.1) is 34.2 Å². The first-order valence-corrected chi connectivity index (χ1v) is 18.3. The minimum absolute atomic E-state index is 0.132. The van der Waals surface area contributed by atoms with Gasteiger partial charge >= 0.3 is 12.2 Å². The van der Waals surface area contributed by atoms with Crippen LogP contribution in [0, 0.1) is 0 Å². The van der Waals surface area contributed by atoms with Crippen LogP contribution in [0.15, 0.2) is 72.8 Å². The summed E-state index contributed by atoms with van der Waals surface area (Å²) in [6, 6.07) is 25.4. The van der Waals surface area contributed by atoms with E-state index in [1.807, 2.05) is 53.7 Å². The molecule has 0 radical (unpaired) electrons. The van der Waals surface area contributed by atoms with Crippen LogP contribution in [0.3, 0.4) is 0 Å². The third-order valence-corrected chi connectivity index (χ3v) is 9.90. The number of nitrogens with one attached hydrogen (secondary N) is 2. The summed E-state index contributed by atoms with van der Waals surface area (Å²) in [6.07, 6.45) is 2.93. The van der Waals surface area contributed by atoms with Crippen LogP contribution in [0.2, 0.25) is 0 Å². The Morgan fingerprint density at radius 2 is 1.00 bits per heavy atom. The molecular weight excluding hydrogens is 652 g/mol. The van der Waals surface area contributed by atoms with Crippen LogP contribution < -0.4 is 0 Å². The minimum Gasteiger partial charge on any atom is -0.444 e. The van der Waals surface area contributed by atoms with Crippen molar-refractivity contribution in [2.75, 3.05) is 13.1 Å². The number of carbonyl (C=O) groups excluding carboxylic acids is 2. The molecule has 268 valence electrons. The third-order valence-electron chi connectivity index (χ3n) is 9.90. The lowest BCUT2D eigenvalue weighted by Crippen LogP contribution is -2.36. The van der Waals surface area contributed by atoms with Crippen LogP contribution in [0.4, 0.5) is 9.59 Å². The molecule has 2 aliphatic heterocycles. The highest BCUT2D eigenvalue weighted by atomic mass is 16.6. The summed E-state index contributed by atoms with van der Waals surface area (Å²) in [5, 5.41) is 2.30. The monoisotopic (exact) mass is 698 g/mol. The number of rotatable bonds is 4. The predicted octanol–water partition coefficient (Wildman–Crippen LogP) is 10.1. The van der Waals surface area contributed by atoms with Gasteiger partial charge < -0.3 is 19.4 Å². The molecule has 2 N–H and O–H groups in total. The summed E-state index contributed by atoms with van der Waals surface area (Å²) < 4.78 is 11.4. The summed E-state index contributed by atoms with van der Waals surface area (Å²) in [5.74, 6) is 1.59. The SMILES string of the molecule is CC(C)(C)OC(=O)N1CCCC1c1nc2ccc(-c3ccc4ccc(-c5ccc6nc([C@@H]7CCCN7C(=O)OC(C)(C)C)[nH]c6c5)cc4c3)cc2[nH]1. The number of benzene rings is 4. The van der Waals surface area contributed by atoms with Crippen molar-refractivity contribution in [3.63, 3.8) is 0 Å². The van der Waals surface area contributed by atoms with Gasteiger partial charge in [-0.05, 0) is 137 Å². The predicted molar refractivity (Wildman–Crippen MR) is 204 cm³/mol. The molecule has 2 atom stereocenters. The molecule has 4 heterocycles. The van der Waals surface area contributed by atoms with Crippen molar-refractivity contribution in [2.24, 2.45) is 0 Å². The molecule has 6 aromatic rings. The second-order valence-electron chi connectivity index (χ2n) is 16.1. The molecule has 0 bridgehead atoms. The average molecular weight is 699 g/mol. The summed E-state index contributed by atoms with van der Waals surface area (Å²) in [6.45, 7) is 12.7. The molecule has 2 amide bonds. The smallest absolute Gasteiger partial charge is 0.410 e. The molecule has 0 saturated carbocycles. The molecule has 0 spiro atoms. The summed E-state index contributed by atoms with van der Waals surface area (Å²) >= 11 is 0. The van der Waals surface area contributed by atoms with Gasteiger partial charge in [-0.1, -0.05) is 36.4 Å². The first-order chi connectivity index (χ1) is 24.8. The van der Waals surface area contributed by atoms with Gasteiger partial charge in [-0.3, -0.25) is 9.80 Å². The number of H-pyrrole nitrogens is 2. The fraction of sp³-hybridized carbons (Fsp3) is 0.381. The average Bonchev–Trinajstić information content (AvgIpc) is 3.90. The Bertz CT molecular complexity index is 2170. The van der Waals surface area contributed by atoms with E-state index in [1.165, 1.54) is 0 Å². The quantitative estimate of drug-likeness (QED) is 0.189. The Hall–Kier alpha value is -5.38. The van der Waals surface area contributed by atoms with E-state index in [4.69, 9.17) is 19.4 Å². The van der Waals surface area contributed by atoms with E-state index in [1.54, 1.807) is 9.80 Å². The number of aromatic nitrogens is 4. The van der Waals surface area contributed by atoms with E-state index < -0.39 is 11.2 Å². The molecule has 4 aromatic carbocycles. The number of hydrogen-bond donors (Lipinski definition) is 2. The highest BCUT2D eigenvalue weighted by Crippen LogP contribution is 2.36. The number of fused-ring (bicyclic) bond motifs is 3. The zero-order valence-corrected chi connectivity index (χ0v) is 30.7. The van der Waals surface area contributed by atoms with Gasteiger partial charge in [-0.25, -0.2) is 19.6 Å². The highest BCUT2D eigenvalue weighted by Gasteiger charge is 2.36. The second-order valence-corrected chi connectivity index (χ2v) is 16.1. The van der Waals surface area contributed by atoms with Gasteiger partial charge in [0, 0.05) is 13.1 Å². The highest BCUT2D eigenvalue weighted by molar-refractivity contribution is 5.93. The van der Waals surface area contributed by atoms with E-state index in [-0.39, 0.29) is 24.3 Å². The van der Waals surface area contributed by atoms with Crippen LogP contribution in [-0.4, -0.2) is 66.2 Å². The molecule has 2 fully saturated rings. The Balaban J connectivity index is 1.04. The Morgan fingerprint density at radius 1 is 0.596 bits per heavy atom. The molecule has 10 heteroatoms. The van der Waals surface area contributed by atoms with E-state index >= 15 is 0 Å². The molecule has 2 aromatic heterocycles. The summed E-state index contributed by atoms with van der Waals surface area (Å²) in [7, 11) is 0. The lowest BCUT2D eigenvalue weighted by atomic mass is 9.97. The van der Waals surface area contributed by atoms with Gasteiger partial charge in [-0.2, -0.15) is 0 Å². The van der Waals surface area contributed by atoms with Gasteiger partial charge in [0.1, 0.15) is 22.9 Å². The zero-order valence-electron chi connectivity index (χ0n) is 30.7. The van der Waals surface area contributed by atoms with Gasteiger partial charge in [0.25, 0.3) is 0 Å². The van der Waals surface area contributed by atoms with Crippen LogP contribution in [0.5, 0.6) is 0 Å². The van der Waals surface area contributed by atoms with E-state index in [0.717, 1.165) is 92.4 Å². The molecule has 1 unspecified atom stereocenters. The molecule has 0 aliphatic carbocycles. The van der Waals surface area contributed by atoms with E-state index in [9.17, 15) is 9.59 Å². The Labute approximate surface area is 303 Å². The molecule has 2 saturated heterocycles. The minimum atomic E-state index is -0.547. The maximum Gasteiger partial charge on any atom is 0.410 e. The first-order valence-electron chi connectivity index (χ1n) is 18.3. The van der Waals surface area contributed by atoms with Crippen molar-refractivity contribution >= 4 is 45.0 Å². The molecule has 52 heavy (non-hydrogen) atoms. The maximum atomic E-state index is 12.9. The van der Waals surface area contributed by atoms with E-state index in [0.29, 0.717) is 13.1 Å². The van der Waals surface area contributed by atoms with Gasteiger partial charge in [-0.15, -0.1) is 0 Å². The number of aromatic amines is 2. The number of carbonyl (C=O) groups is 2. The van der Waals surface area contributed by atoms with Crippen molar-refractivity contribution in [1.82, 2.24) is 29.7 Å². The fourth-order valence-electron chi connectivity index (χ4n) is 7.52. The van der Waals surface area contributed by atoms with Crippen molar-refractivity contribution in [3.8, 4) is 22.3 Å². The molecule has 2 aliphatic rings. The lowest BCUT2D eigenvalue weighted by Gasteiger charge is -2.27. The number of hydrogen-bond acceptors (Lipinski definition) is 6. The molecule has 10 nitrogen and oxygen atoms in total. The van der Waals surface area contributed by atoms with Crippen LogP contribution in [0.1, 0.15) is 91.0 Å². The number of likely N-dealkylation sites (tertiary alicyclic amines) is 2. The summed E-state index contributed by atoms with van der Waals surface area (Å²) in [5.41, 5.74) is 6.93. The van der Waals surface area contributed by atoms with Gasteiger partial charge in [0.2, 0.25) is 0 Å². The Kier molecular flexibility index (Phi) is 8.23. The standard InChI is InChI=1S/C42H46N6O4/c1-41(2,3)51-39(49)47-19-7-9-35(47)37-43-31-17-15-28(23-33(31)45-37)26-13-11-25-12-14-27(22-30(25)21-26)29-16-18-32-34(24-29)46-38(44-32)36-10-8-20-48(36)40(50)52-42(4,5)6/h11-18,21-24,35-36H,7-10,19-20H2,1-6H3,(H,43,45)(H,44,46)/t35-,36?/m0/s1. The van der Waals surface area contributed by atoms with Gasteiger partial charge in [0.15, 0.2) is 0 Å². The number of nitrogens with zero attached hydrogens (tertiary/aromatic N) is 4. The van der Waals surface area contributed by atoms with E-state index in [2.05, 4.69) is 70.6 Å². The zero-order chi connectivity index (χ0) is 36.4. The van der Waals surface area contributed by atoms with Crippen LogP contribution in [0.25, 0.3) is 55.1 Å². The van der Waals surface area contributed by atoms with Crippen molar-refractivity contribution in [2.45, 2.75) is 90.5 Å². The first kappa shape index (κ1) is 33.7. The maximum absolute atomic E-state index is 12.9. The summed E-state index contributed by atoms with van der Waals surface area (Å²) in [4.78, 5) is 46.3. The second kappa shape index (κ2) is 12.7. The normalized spacial score (nSPS) is 18.2. The Morgan fingerprint density at radius 3 is 1.42 bits per heavy atom. The van der Waals surface area contributed by atoms with Crippen molar-refractivity contribution < 1.29 is 19.1 Å². The van der Waals surface area contributed by atoms with Crippen molar-refractivity contribution in [3.05, 3.63) is 84.4 Å². The number of ether oxygens (including phenoxy) is 2. The number of imidazole rings is 2. The van der Waals surface area contributed by atoms with Crippen LogP contribution in [-0.2, 0) is 9.47 Å². The van der Waals surface area contributed by atoms with Crippen LogP contribution >= 0.6 is 0 Å². The molecular formula is C42H46N6O4. The fourth-order valence-corrected chi connectivity index (χ4v) is 7.52. The lowest BCUT2D eigenvalue weighted by molar-refractivity contribution is 0.0208. The topological polar surface area (TPSA) is 116 Å². The largest absolute Gasteiger partial charge is 0.444 e. The van der Waals surface area contributed by atoms with Crippen molar-refractivity contribution in [1.29, 1.82) is 0 Å². The third kappa shape index (κ3) is 6.69. The molecule has 8 rings (SSSR count).